The molecule has 0 radical (unpaired) electrons. The number of hydrogen-bond acceptors (Lipinski definition) is 4. The number of nitrogens with zero attached hydrogens (tertiary/aromatic N) is 1. The summed E-state index contributed by atoms with van der Waals surface area (Å²) in [5, 5.41) is 13.3. The highest BCUT2D eigenvalue weighted by atomic mass is 16.5. The van der Waals surface area contributed by atoms with Gasteiger partial charge in [0.05, 0.1) is 19.3 Å². The van der Waals surface area contributed by atoms with Crippen molar-refractivity contribution in [1.82, 2.24) is 10.2 Å². The van der Waals surface area contributed by atoms with Crippen molar-refractivity contribution in [3.63, 3.8) is 0 Å². The molecular formula is C16H34N2O2. The largest absolute Gasteiger partial charge is 0.390 e. The maximum absolute atomic E-state index is 9.96. The van der Waals surface area contributed by atoms with Crippen LogP contribution in [-0.4, -0.2) is 62.0 Å². The lowest BCUT2D eigenvalue weighted by atomic mass is 10.0. The van der Waals surface area contributed by atoms with Crippen molar-refractivity contribution in [2.75, 3.05) is 45.9 Å². The van der Waals surface area contributed by atoms with Gasteiger partial charge < -0.3 is 15.2 Å². The third kappa shape index (κ3) is 9.70. The van der Waals surface area contributed by atoms with Crippen LogP contribution in [0.25, 0.3) is 0 Å². The predicted molar refractivity (Wildman–Crippen MR) is 84.1 cm³/mol. The van der Waals surface area contributed by atoms with Gasteiger partial charge in [-0.1, -0.05) is 39.5 Å². The van der Waals surface area contributed by atoms with Crippen molar-refractivity contribution in [3.8, 4) is 0 Å². The Labute approximate surface area is 124 Å². The third-order valence-corrected chi connectivity index (χ3v) is 3.84. The summed E-state index contributed by atoms with van der Waals surface area (Å²) in [5.41, 5.74) is 0. The Morgan fingerprint density at radius 1 is 1.10 bits per heavy atom. The van der Waals surface area contributed by atoms with E-state index < -0.39 is 0 Å². The van der Waals surface area contributed by atoms with Crippen LogP contribution in [0.1, 0.15) is 46.0 Å². The van der Waals surface area contributed by atoms with E-state index in [1.54, 1.807) is 0 Å². The zero-order valence-electron chi connectivity index (χ0n) is 13.4. The Bertz CT molecular complexity index is 219. The van der Waals surface area contributed by atoms with Crippen molar-refractivity contribution in [3.05, 3.63) is 0 Å². The molecule has 1 unspecified atom stereocenters. The van der Waals surface area contributed by atoms with Gasteiger partial charge in [-0.2, -0.15) is 0 Å². The first-order valence-electron chi connectivity index (χ1n) is 8.37. The van der Waals surface area contributed by atoms with Crippen LogP contribution in [0, 0.1) is 5.92 Å². The summed E-state index contributed by atoms with van der Waals surface area (Å²) >= 11 is 0. The molecule has 0 spiro atoms. The molecule has 0 amide bonds. The molecule has 1 atom stereocenters. The van der Waals surface area contributed by atoms with E-state index in [0.717, 1.165) is 45.3 Å². The number of unbranched alkanes of at least 4 members (excludes halogenated alkanes) is 3. The normalized spacial score (nSPS) is 18.6. The van der Waals surface area contributed by atoms with Crippen molar-refractivity contribution in [2.24, 2.45) is 5.92 Å². The lowest BCUT2D eigenvalue weighted by molar-refractivity contribution is 0.0149. The fourth-order valence-electron chi connectivity index (χ4n) is 2.57. The molecule has 0 aliphatic carbocycles. The van der Waals surface area contributed by atoms with E-state index in [1.807, 2.05) is 0 Å². The molecule has 20 heavy (non-hydrogen) atoms. The molecule has 1 rings (SSSR count). The molecule has 0 saturated carbocycles. The number of nitrogens with one attached hydrogen (secondary N) is 1. The molecule has 120 valence electrons. The summed E-state index contributed by atoms with van der Waals surface area (Å²) in [6.07, 6.45) is 6.33. The number of morpholine rings is 1. The minimum atomic E-state index is -0.256. The van der Waals surface area contributed by atoms with Gasteiger partial charge in [-0.3, -0.25) is 4.90 Å². The molecule has 1 heterocycles. The summed E-state index contributed by atoms with van der Waals surface area (Å²) < 4.78 is 5.30. The summed E-state index contributed by atoms with van der Waals surface area (Å²) in [5.74, 6) is 0.837. The van der Waals surface area contributed by atoms with Gasteiger partial charge in [0, 0.05) is 26.2 Å². The molecule has 1 aliphatic rings. The van der Waals surface area contributed by atoms with E-state index in [9.17, 15) is 5.11 Å². The average molecular weight is 286 g/mol. The van der Waals surface area contributed by atoms with Crippen molar-refractivity contribution in [1.29, 1.82) is 0 Å². The zero-order chi connectivity index (χ0) is 14.6. The van der Waals surface area contributed by atoms with Gasteiger partial charge in [-0.25, -0.2) is 0 Å². The lowest BCUT2D eigenvalue weighted by Crippen LogP contribution is -2.43. The zero-order valence-corrected chi connectivity index (χ0v) is 13.4. The van der Waals surface area contributed by atoms with Crippen LogP contribution in [0.2, 0.25) is 0 Å². The van der Waals surface area contributed by atoms with Crippen molar-refractivity contribution in [2.45, 2.75) is 52.1 Å². The van der Waals surface area contributed by atoms with Gasteiger partial charge in [0.1, 0.15) is 0 Å². The minimum Gasteiger partial charge on any atom is -0.390 e. The molecular weight excluding hydrogens is 252 g/mol. The fraction of sp³-hybridized carbons (Fsp3) is 1.00. The topological polar surface area (TPSA) is 44.7 Å². The van der Waals surface area contributed by atoms with Gasteiger partial charge in [-0.05, 0) is 18.9 Å². The van der Waals surface area contributed by atoms with E-state index in [4.69, 9.17) is 4.74 Å². The molecule has 1 aliphatic heterocycles. The first-order chi connectivity index (χ1) is 9.68. The smallest absolute Gasteiger partial charge is 0.0791 e. The molecule has 4 nitrogen and oxygen atoms in total. The number of aliphatic hydroxyl groups is 1. The van der Waals surface area contributed by atoms with Crippen LogP contribution < -0.4 is 5.32 Å². The summed E-state index contributed by atoms with van der Waals surface area (Å²) in [6, 6.07) is 0. The van der Waals surface area contributed by atoms with Gasteiger partial charge in [-0.15, -0.1) is 0 Å². The highest BCUT2D eigenvalue weighted by Crippen LogP contribution is 2.08. The minimum absolute atomic E-state index is 0.256. The molecule has 1 fully saturated rings. The molecule has 1 saturated heterocycles. The summed E-state index contributed by atoms with van der Waals surface area (Å²) in [6.45, 7) is 10.6. The second-order valence-electron chi connectivity index (χ2n) is 6.37. The van der Waals surface area contributed by atoms with Crippen molar-refractivity contribution < 1.29 is 9.84 Å². The van der Waals surface area contributed by atoms with Gasteiger partial charge in [0.25, 0.3) is 0 Å². The van der Waals surface area contributed by atoms with E-state index >= 15 is 0 Å². The van der Waals surface area contributed by atoms with Gasteiger partial charge in [0.15, 0.2) is 0 Å². The first kappa shape index (κ1) is 17.9. The van der Waals surface area contributed by atoms with Crippen LogP contribution in [-0.2, 0) is 4.74 Å². The lowest BCUT2D eigenvalue weighted by Gasteiger charge is -2.28. The fourth-order valence-corrected chi connectivity index (χ4v) is 2.57. The van der Waals surface area contributed by atoms with Crippen LogP contribution in [0.3, 0.4) is 0 Å². The molecule has 2 N–H and O–H groups in total. The first-order valence-corrected chi connectivity index (χ1v) is 8.37. The number of ether oxygens (including phenoxy) is 1. The van der Waals surface area contributed by atoms with Crippen LogP contribution in [0.4, 0.5) is 0 Å². The standard InChI is InChI=1S/C16H34N2O2/c1-15(2)7-5-3-4-6-8-17-13-16(19)14-18-9-11-20-12-10-18/h15-17,19H,3-14H2,1-2H3. The maximum Gasteiger partial charge on any atom is 0.0791 e. The van der Waals surface area contributed by atoms with Gasteiger partial charge in [0.2, 0.25) is 0 Å². The van der Waals surface area contributed by atoms with Crippen molar-refractivity contribution >= 4 is 0 Å². The predicted octanol–water partition coefficient (Wildman–Crippen LogP) is 1.88. The maximum atomic E-state index is 9.96. The number of β-amino-alcohol motifs (C(OH)–C–C–N with tert-alkyl or cyclic N) is 1. The Morgan fingerprint density at radius 3 is 2.50 bits per heavy atom. The Kier molecular flexibility index (Phi) is 10.3. The van der Waals surface area contributed by atoms with E-state index in [1.165, 1.54) is 32.1 Å². The average Bonchev–Trinajstić information content (AvgIpc) is 2.42. The SMILES string of the molecule is CC(C)CCCCCCNCC(O)CN1CCOCC1. The summed E-state index contributed by atoms with van der Waals surface area (Å²) in [7, 11) is 0. The van der Waals surface area contributed by atoms with Gasteiger partial charge >= 0.3 is 0 Å². The second-order valence-corrected chi connectivity index (χ2v) is 6.37. The van der Waals surface area contributed by atoms with Crippen LogP contribution in [0.15, 0.2) is 0 Å². The Balaban J connectivity index is 1.85. The number of hydrogen-bond donors (Lipinski definition) is 2. The molecule has 0 aromatic heterocycles. The highest BCUT2D eigenvalue weighted by Gasteiger charge is 2.14. The second kappa shape index (κ2) is 11.5. The van der Waals surface area contributed by atoms with E-state index in [0.29, 0.717) is 6.54 Å². The summed E-state index contributed by atoms with van der Waals surface area (Å²) in [4.78, 5) is 2.28. The number of rotatable bonds is 11. The molecule has 0 aromatic rings. The van der Waals surface area contributed by atoms with Crippen LogP contribution in [0.5, 0.6) is 0 Å². The Morgan fingerprint density at radius 2 is 1.80 bits per heavy atom. The third-order valence-electron chi connectivity index (χ3n) is 3.84. The number of aliphatic hydroxyl groups excluding tert-OH is 1. The molecule has 0 aromatic carbocycles. The van der Waals surface area contributed by atoms with Crippen LogP contribution >= 0.6 is 0 Å². The molecule has 4 heteroatoms. The Hall–Kier alpha value is -0.160. The monoisotopic (exact) mass is 286 g/mol. The highest BCUT2D eigenvalue weighted by molar-refractivity contribution is 4.69. The van der Waals surface area contributed by atoms with E-state index in [2.05, 4.69) is 24.1 Å². The quantitative estimate of drug-likeness (QED) is 0.569. The van der Waals surface area contributed by atoms with E-state index in [-0.39, 0.29) is 6.10 Å². The molecule has 0 bridgehead atoms.